The number of carbonyl (C=O) groups excluding carboxylic acids is 2. The van der Waals surface area contributed by atoms with E-state index < -0.39 is 0 Å². The van der Waals surface area contributed by atoms with Gasteiger partial charge in [0.05, 0.1) is 12.7 Å². The van der Waals surface area contributed by atoms with Gasteiger partial charge in [-0.2, -0.15) is 0 Å². The van der Waals surface area contributed by atoms with Crippen LogP contribution in [0.4, 0.5) is 4.39 Å². The predicted molar refractivity (Wildman–Crippen MR) is 105 cm³/mol. The minimum Gasteiger partial charge on any atom is -0.349 e. The molecule has 0 saturated carbocycles. The zero-order chi connectivity index (χ0) is 19.9. The third kappa shape index (κ3) is 5.37. The number of likely N-dealkylation sites (N-methyl/N-ethyl adjacent to an activating group) is 1. The molecule has 2 amide bonds. The monoisotopic (exact) mass is 384 g/mol. The van der Waals surface area contributed by atoms with Crippen molar-refractivity contribution < 1.29 is 14.0 Å². The maximum atomic E-state index is 13.1. The number of benzene rings is 2. The molecule has 0 aliphatic carbocycles. The summed E-state index contributed by atoms with van der Waals surface area (Å²) < 4.78 is 13.1. The molecule has 1 unspecified atom stereocenters. The number of hydrogen-bond acceptors (Lipinski definition) is 4. The number of piperazine rings is 1. The highest BCUT2D eigenvalue weighted by Gasteiger charge is 2.25. The number of amides is 2. The zero-order valence-corrected chi connectivity index (χ0v) is 15.9. The second-order valence-corrected chi connectivity index (χ2v) is 6.91. The van der Waals surface area contributed by atoms with Crippen molar-refractivity contribution >= 4 is 11.8 Å². The maximum Gasteiger partial charge on any atom is 0.252 e. The van der Waals surface area contributed by atoms with Gasteiger partial charge in [-0.25, -0.2) is 4.39 Å². The van der Waals surface area contributed by atoms with Crippen molar-refractivity contribution in [3.05, 3.63) is 71.5 Å². The van der Waals surface area contributed by atoms with Gasteiger partial charge in [0.25, 0.3) is 11.8 Å². The fourth-order valence-electron chi connectivity index (χ4n) is 3.12. The fraction of sp³-hybridized carbons (Fsp3) is 0.333. The minimum absolute atomic E-state index is 0.184. The molecule has 1 aliphatic rings. The van der Waals surface area contributed by atoms with Crippen LogP contribution in [-0.4, -0.2) is 67.6 Å². The lowest BCUT2D eigenvalue weighted by Gasteiger charge is -2.38. The Morgan fingerprint density at radius 2 is 1.54 bits per heavy atom. The number of halogens is 1. The van der Waals surface area contributed by atoms with Gasteiger partial charge in [-0.3, -0.25) is 14.5 Å². The molecule has 0 radical (unpaired) electrons. The van der Waals surface area contributed by atoms with Crippen LogP contribution in [0.15, 0.2) is 54.6 Å². The Balaban J connectivity index is 1.66. The molecule has 28 heavy (non-hydrogen) atoms. The van der Waals surface area contributed by atoms with E-state index in [9.17, 15) is 14.0 Å². The third-order valence-electron chi connectivity index (χ3n) is 4.87. The van der Waals surface area contributed by atoms with Crippen molar-refractivity contribution in [1.29, 1.82) is 0 Å². The molecular formula is C21H25FN4O2. The van der Waals surface area contributed by atoms with Gasteiger partial charge in [-0.1, -0.05) is 18.2 Å². The van der Waals surface area contributed by atoms with Gasteiger partial charge in [0.2, 0.25) is 0 Å². The summed E-state index contributed by atoms with van der Waals surface area (Å²) >= 11 is 0. The van der Waals surface area contributed by atoms with Crippen LogP contribution in [0.1, 0.15) is 20.7 Å². The number of nitrogens with zero attached hydrogens (tertiary/aromatic N) is 2. The largest absolute Gasteiger partial charge is 0.349 e. The van der Waals surface area contributed by atoms with Crippen LogP contribution in [-0.2, 0) is 0 Å². The van der Waals surface area contributed by atoms with Crippen molar-refractivity contribution in [2.24, 2.45) is 0 Å². The normalized spacial score (nSPS) is 16.4. The van der Waals surface area contributed by atoms with Gasteiger partial charge in [0.1, 0.15) is 5.82 Å². The minimum atomic E-state index is -0.387. The molecule has 148 valence electrons. The lowest BCUT2D eigenvalue weighted by molar-refractivity contribution is 0.0692. The molecule has 2 aromatic carbocycles. The van der Waals surface area contributed by atoms with Crippen LogP contribution in [0.5, 0.6) is 0 Å². The molecule has 0 spiro atoms. The summed E-state index contributed by atoms with van der Waals surface area (Å²) in [7, 11) is 2.06. The molecule has 0 aromatic heterocycles. The lowest BCUT2D eigenvalue weighted by atomic mass is 10.2. The van der Waals surface area contributed by atoms with E-state index in [2.05, 4.69) is 27.5 Å². The Labute approximate surface area is 164 Å². The summed E-state index contributed by atoms with van der Waals surface area (Å²) in [5.74, 6) is -0.865. The lowest BCUT2D eigenvalue weighted by Crippen LogP contribution is -2.59. The first-order valence-corrected chi connectivity index (χ1v) is 9.35. The Bertz CT molecular complexity index is 790. The van der Waals surface area contributed by atoms with E-state index in [4.69, 9.17) is 0 Å². The SMILES string of the molecule is CN1CCN(C(CNC(=O)c2ccccc2)NC(=O)c2ccc(F)cc2)CC1. The highest BCUT2D eigenvalue weighted by molar-refractivity contribution is 5.95. The van der Waals surface area contributed by atoms with Gasteiger partial charge in [0, 0.05) is 37.3 Å². The van der Waals surface area contributed by atoms with Gasteiger partial charge in [-0.05, 0) is 43.4 Å². The highest BCUT2D eigenvalue weighted by Crippen LogP contribution is 2.07. The molecular weight excluding hydrogens is 359 g/mol. The molecule has 1 fully saturated rings. The summed E-state index contributed by atoms with van der Waals surface area (Å²) in [4.78, 5) is 29.4. The smallest absolute Gasteiger partial charge is 0.252 e. The van der Waals surface area contributed by atoms with Crippen LogP contribution in [0, 0.1) is 5.82 Å². The maximum absolute atomic E-state index is 13.1. The Morgan fingerprint density at radius 3 is 2.18 bits per heavy atom. The molecule has 3 rings (SSSR count). The summed E-state index contributed by atoms with van der Waals surface area (Å²) in [6.07, 6.45) is -0.348. The molecule has 1 saturated heterocycles. The number of carbonyl (C=O) groups is 2. The number of nitrogens with one attached hydrogen (secondary N) is 2. The summed E-state index contributed by atoms with van der Waals surface area (Å²) in [6.45, 7) is 3.62. The van der Waals surface area contributed by atoms with Gasteiger partial charge in [0.15, 0.2) is 0 Å². The van der Waals surface area contributed by atoms with Crippen molar-refractivity contribution in [1.82, 2.24) is 20.4 Å². The van der Waals surface area contributed by atoms with Crippen molar-refractivity contribution in [3.63, 3.8) is 0 Å². The van der Waals surface area contributed by atoms with E-state index in [1.54, 1.807) is 12.1 Å². The van der Waals surface area contributed by atoms with E-state index in [-0.39, 0.29) is 30.3 Å². The van der Waals surface area contributed by atoms with Gasteiger partial charge >= 0.3 is 0 Å². The van der Waals surface area contributed by atoms with Crippen LogP contribution in [0.25, 0.3) is 0 Å². The van der Waals surface area contributed by atoms with E-state index in [1.165, 1.54) is 24.3 Å². The quantitative estimate of drug-likeness (QED) is 0.793. The van der Waals surface area contributed by atoms with Crippen molar-refractivity contribution in [2.45, 2.75) is 6.17 Å². The molecule has 1 atom stereocenters. The zero-order valence-electron chi connectivity index (χ0n) is 15.9. The van der Waals surface area contributed by atoms with Crippen LogP contribution < -0.4 is 10.6 Å². The van der Waals surface area contributed by atoms with Crippen molar-refractivity contribution in [3.8, 4) is 0 Å². The second-order valence-electron chi connectivity index (χ2n) is 6.91. The molecule has 0 bridgehead atoms. The first kappa shape index (κ1) is 20.0. The van der Waals surface area contributed by atoms with Crippen LogP contribution >= 0.6 is 0 Å². The first-order chi connectivity index (χ1) is 13.5. The molecule has 1 aliphatic heterocycles. The first-order valence-electron chi connectivity index (χ1n) is 9.35. The highest BCUT2D eigenvalue weighted by atomic mass is 19.1. The Hall–Kier alpha value is -2.77. The second kappa shape index (κ2) is 9.43. The standard InChI is InChI=1S/C21H25FN4O2/c1-25-11-13-26(14-12-25)19(15-23-20(27)16-5-3-2-4-6-16)24-21(28)17-7-9-18(22)10-8-17/h2-10,19H,11-15H2,1H3,(H,23,27)(H,24,28). The van der Waals surface area contributed by atoms with Gasteiger partial charge in [-0.15, -0.1) is 0 Å². The average Bonchev–Trinajstić information content (AvgIpc) is 2.72. The molecule has 2 N–H and O–H groups in total. The topological polar surface area (TPSA) is 64.7 Å². The van der Waals surface area contributed by atoms with E-state index in [1.807, 2.05) is 18.2 Å². The molecule has 6 nitrogen and oxygen atoms in total. The summed E-state index contributed by atoms with van der Waals surface area (Å²) in [6, 6.07) is 14.4. The molecule has 2 aromatic rings. The van der Waals surface area contributed by atoms with E-state index in [0.717, 1.165) is 26.2 Å². The Kier molecular flexibility index (Phi) is 6.73. The average molecular weight is 384 g/mol. The van der Waals surface area contributed by atoms with Crippen molar-refractivity contribution in [2.75, 3.05) is 39.8 Å². The summed E-state index contributed by atoms with van der Waals surface area (Å²) in [5, 5.41) is 5.88. The molecule has 1 heterocycles. The number of rotatable bonds is 6. The van der Waals surface area contributed by atoms with E-state index >= 15 is 0 Å². The third-order valence-corrected chi connectivity index (χ3v) is 4.87. The van der Waals surface area contributed by atoms with Crippen LogP contribution in [0.3, 0.4) is 0 Å². The van der Waals surface area contributed by atoms with E-state index in [0.29, 0.717) is 11.1 Å². The molecule has 7 heteroatoms. The number of hydrogen-bond donors (Lipinski definition) is 2. The summed E-state index contributed by atoms with van der Waals surface area (Å²) in [5.41, 5.74) is 0.958. The Morgan fingerprint density at radius 1 is 0.929 bits per heavy atom. The van der Waals surface area contributed by atoms with Gasteiger partial charge < -0.3 is 15.5 Å². The predicted octanol–water partition coefficient (Wildman–Crippen LogP) is 1.56. The van der Waals surface area contributed by atoms with Crippen LogP contribution in [0.2, 0.25) is 0 Å². The fourth-order valence-corrected chi connectivity index (χ4v) is 3.12.